The van der Waals surface area contributed by atoms with Gasteiger partial charge in [0.25, 0.3) is 0 Å². The number of hydrogen-bond acceptors (Lipinski definition) is 3. The Hall–Kier alpha value is -1.48. The molecule has 1 saturated carbocycles. The van der Waals surface area contributed by atoms with Crippen LogP contribution in [0.25, 0.3) is 0 Å². The van der Waals surface area contributed by atoms with E-state index in [2.05, 4.69) is 18.0 Å². The fourth-order valence-corrected chi connectivity index (χ4v) is 1.87. The molecule has 0 bridgehead atoms. The lowest BCUT2D eigenvalue weighted by molar-refractivity contribution is 0.290. The Labute approximate surface area is 115 Å². The maximum Gasteiger partial charge on any atom is 0.166 e. The van der Waals surface area contributed by atoms with E-state index in [4.69, 9.17) is 9.47 Å². The molecule has 3 heteroatoms. The van der Waals surface area contributed by atoms with E-state index < -0.39 is 0 Å². The summed E-state index contributed by atoms with van der Waals surface area (Å²) in [7, 11) is 0. The van der Waals surface area contributed by atoms with Gasteiger partial charge in [-0.1, -0.05) is 18.7 Å². The third kappa shape index (κ3) is 4.28. The zero-order chi connectivity index (χ0) is 13.7. The van der Waals surface area contributed by atoms with Crippen molar-refractivity contribution in [3.8, 4) is 11.5 Å². The van der Waals surface area contributed by atoms with Gasteiger partial charge in [0.1, 0.15) is 6.61 Å². The molecule has 1 N–H and O–H groups in total. The summed E-state index contributed by atoms with van der Waals surface area (Å²) in [5.41, 5.74) is 2.16. The minimum Gasteiger partial charge on any atom is -0.490 e. The molecule has 0 saturated heterocycles. The Kier molecular flexibility index (Phi) is 4.86. The Morgan fingerprint density at radius 1 is 1.37 bits per heavy atom. The molecule has 0 heterocycles. The van der Waals surface area contributed by atoms with Crippen LogP contribution in [0.5, 0.6) is 11.5 Å². The van der Waals surface area contributed by atoms with Gasteiger partial charge in [0.2, 0.25) is 0 Å². The van der Waals surface area contributed by atoms with Crippen molar-refractivity contribution in [3.63, 3.8) is 0 Å². The van der Waals surface area contributed by atoms with Crippen molar-refractivity contribution in [1.29, 1.82) is 0 Å². The molecule has 0 amide bonds. The van der Waals surface area contributed by atoms with Crippen LogP contribution in [0, 0.1) is 0 Å². The van der Waals surface area contributed by atoms with E-state index in [0.717, 1.165) is 29.2 Å². The molecule has 104 valence electrons. The van der Waals surface area contributed by atoms with Gasteiger partial charge in [-0.2, -0.15) is 0 Å². The molecular weight excluding hydrogens is 238 g/mol. The fraction of sp³-hybridized carbons (Fsp3) is 0.500. The second kappa shape index (κ2) is 6.62. The molecule has 0 aliphatic heterocycles. The van der Waals surface area contributed by atoms with Gasteiger partial charge in [-0.3, -0.25) is 0 Å². The topological polar surface area (TPSA) is 30.5 Å². The van der Waals surface area contributed by atoms with Crippen LogP contribution in [0.2, 0.25) is 0 Å². The molecule has 0 aromatic heterocycles. The largest absolute Gasteiger partial charge is 0.490 e. The Bertz CT molecular complexity index is 438. The standard InChI is InChI=1S/C16H23NO2/c1-4-18-15-7-5-6-13(10-17-14-8-9-14)16(15)19-11-12(2)3/h5-7,14,17H,2,4,8-11H2,1,3H3. The van der Waals surface area contributed by atoms with Crippen molar-refractivity contribution >= 4 is 0 Å². The molecule has 1 aromatic carbocycles. The van der Waals surface area contributed by atoms with Crippen LogP contribution >= 0.6 is 0 Å². The number of hydrogen-bond donors (Lipinski definition) is 1. The maximum atomic E-state index is 5.87. The zero-order valence-corrected chi connectivity index (χ0v) is 11.9. The predicted octanol–water partition coefficient (Wildman–Crippen LogP) is 3.29. The highest BCUT2D eigenvalue weighted by molar-refractivity contribution is 5.47. The Balaban J connectivity index is 2.12. The minimum absolute atomic E-state index is 0.528. The van der Waals surface area contributed by atoms with E-state index in [1.165, 1.54) is 12.8 Å². The van der Waals surface area contributed by atoms with Crippen LogP contribution in [0.3, 0.4) is 0 Å². The van der Waals surface area contributed by atoms with E-state index in [-0.39, 0.29) is 0 Å². The van der Waals surface area contributed by atoms with E-state index in [1.807, 2.05) is 26.0 Å². The van der Waals surface area contributed by atoms with Gasteiger partial charge >= 0.3 is 0 Å². The molecule has 0 unspecified atom stereocenters. The lowest BCUT2D eigenvalue weighted by Crippen LogP contribution is -2.16. The molecule has 2 rings (SSSR count). The van der Waals surface area contributed by atoms with Crippen molar-refractivity contribution in [1.82, 2.24) is 5.32 Å². The van der Waals surface area contributed by atoms with Crippen molar-refractivity contribution in [3.05, 3.63) is 35.9 Å². The molecule has 19 heavy (non-hydrogen) atoms. The molecule has 3 nitrogen and oxygen atoms in total. The van der Waals surface area contributed by atoms with E-state index in [9.17, 15) is 0 Å². The normalized spacial score (nSPS) is 14.2. The van der Waals surface area contributed by atoms with E-state index >= 15 is 0 Å². The summed E-state index contributed by atoms with van der Waals surface area (Å²) in [5.74, 6) is 1.67. The van der Waals surface area contributed by atoms with Crippen LogP contribution in [0.15, 0.2) is 30.4 Å². The van der Waals surface area contributed by atoms with Crippen LogP contribution in [-0.4, -0.2) is 19.3 Å². The molecule has 1 fully saturated rings. The second-order valence-corrected chi connectivity index (χ2v) is 5.08. The summed E-state index contributed by atoms with van der Waals surface area (Å²) in [4.78, 5) is 0. The minimum atomic E-state index is 0.528. The lowest BCUT2D eigenvalue weighted by atomic mass is 10.1. The first-order valence-electron chi connectivity index (χ1n) is 6.96. The first-order chi connectivity index (χ1) is 9.20. The van der Waals surface area contributed by atoms with Crippen molar-refractivity contribution in [2.75, 3.05) is 13.2 Å². The predicted molar refractivity (Wildman–Crippen MR) is 77.8 cm³/mol. The SMILES string of the molecule is C=C(C)COc1c(CNC2CC2)cccc1OCC. The van der Waals surface area contributed by atoms with Crippen molar-refractivity contribution < 1.29 is 9.47 Å². The summed E-state index contributed by atoms with van der Waals surface area (Å²) in [5, 5.41) is 3.51. The number of nitrogens with one attached hydrogen (secondary N) is 1. The molecule has 1 aliphatic rings. The third-order valence-electron chi connectivity index (χ3n) is 2.98. The first kappa shape index (κ1) is 13.9. The highest BCUT2D eigenvalue weighted by Gasteiger charge is 2.21. The third-order valence-corrected chi connectivity index (χ3v) is 2.98. The van der Waals surface area contributed by atoms with Gasteiger partial charge < -0.3 is 14.8 Å². The summed E-state index contributed by atoms with van der Waals surface area (Å²) in [6.07, 6.45) is 2.57. The molecule has 0 radical (unpaired) electrons. The number of benzene rings is 1. The Morgan fingerprint density at radius 2 is 2.16 bits per heavy atom. The summed E-state index contributed by atoms with van der Waals surface area (Å²) >= 11 is 0. The fourth-order valence-electron chi connectivity index (χ4n) is 1.87. The molecule has 0 atom stereocenters. The lowest BCUT2D eigenvalue weighted by Gasteiger charge is -2.16. The van der Waals surface area contributed by atoms with Gasteiger partial charge in [0, 0.05) is 18.2 Å². The van der Waals surface area contributed by atoms with Crippen molar-refractivity contribution in [2.45, 2.75) is 39.3 Å². The van der Waals surface area contributed by atoms with Gasteiger partial charge in [-0.05, 0) is 38.3 Å². The summed E-state index contributed by atoms with van der Waals surface area (Å²) < 4.78 is 11.5. The molecule has 1 aliphatic carbocycles. The molecule has 0 spiro atoms. The van der Waals surface area contributed by atoms with E-state index in [1.54, 1.807) is 0 Å². The van der Waals surface area contributed by atoms with Crippen LogP contribution in [-0.2, 0) is 6.54 Å². The number of para-hydroxylation sites is 1. The molecule has 1 aromatic rings. The number of ether oxygens (including phenoxy) is 2. The van der Waals surface area contributed by atoms with Crippen LogP contribution in [0.4, 0.5) is 0 Å². The zero-order valence-electron chi connectivity index (χ0n) is 11.9. The van der Waals surface area contributed by atoms with Crippen LogP contribution < -0.4 is 14.8 Å². The monoisotopic (exact) mass is 261 g/mol. The maximum absolute atomic E-state index is 5.87. The van der Waals surface area contributed by atoms with Gasteiger partial charge in [0.05, 0.1) is 6.61 Å². The quantitative estimate of drug-likeness (QED) is 0.728. The van der Waals surface area contributed by atoms with Crippen molar-refractivity contribution in [2.24, 2.45) is 0 Å². The summed E-state index contributed by atoms with van der Waals surface area (Å²) in [6.45, 7) is 9.83. The average molecular weight is 261 g/mol. The van der Waals surface area contributed by atoms with Gasteiger partial charge in [-0.25, -0.2) is 0 Å². The molecular formula is C16H23NO2. The highest BCUT2D eigenvalue weighted by Crippen LogP contribution is 2.32. The van der Waals surface area contributed by atoms with Gasteiger partial charge in [-0.15, -0.1) is 0 Å². The van der Waals surface area contributed by atoms with Crippen LogP contribution in [0.1, 0.15) is 32.3 Å². The van der Waals surface area contributed by atoms with E-state index in [0.29, 0.717) is 19.3 Å². The second-order valence-electron chi connectivity index (χ2n) is 5.08. The number of rotatable bonds is 8. The highest BCUT2D eigenvalue weighted by atomic mass is 16.5. The summed E-state index contributed by atoms with van der Waals surface area (Å²) in [6, 6.07) is 6.75. The van der Waals surface area contributed by atoms with Gasteiger partial charge in [0.15, 0.2) is 11.5 Å². The first-order valence-corrected chi connectivity index (χ1v) is 6.96. The smallest absolute Gasteiger partial charge is 0.166 e. The Morgan fingerprint density at radius 3 is 2.79 bits per heavy atom. The average Bonchev–Trinajstić information content (AvgIpc) is 3.19.